The molecule has 82 heavy (non-hydrogen) atoms. The molecule has 3 aromatic heterocycles. The highest BCUT2D eigenvalue weighted by atomic mass is 15.0. The molecule has 12 aromatic rings. The lowest BCUT2D eigenvalue weighted by Gasteiger charge is -2.26. The fourth-order valence-corrected chi connectivity index (χ4v) is 11.6. The Kier molecular flexibility index (Phi) is 12.9. The molecule has 0 saturated heterocycles. The Balaban J connectivity index is 1.21. The first kappa shape index (κ1) is 53.7. The van der Waals surface area contributed by atoms with Gasteiger partial charge < -0.3 is 9.13 Å². The Hall–Kier alpha value is -8.92. The highest BCUT2D eigenvalue weighted by Gasteiger charge is 2.27. The van der Waals surface area contributed by atoms with Crippen molar-refractivity contribution in [2.75, 3.05) is 0 Å². The van der Waals surface area contributed by atoms with Crippen LogP contribution in [0.3, 0.4) is 0 Å². The summed E-state index contributed by atoms with van der Waals surface area (Å²) in [5, 5.41) is 4.78. The van der Waals surface area contributed by atoms with Crippen molar-refractivity contribution < 1.29 is 0 Å². The average molecular weight is 1070 g/mol. The van der Waals surface area contributed by atoms with Crippen LogP contribution in [0.25, 0.3) is 116 Å². The van der Waals surface area contributed by atoms with Crippen LogP contribution in [-0.4, -0.2) is 24.1 Å². The lowest BCUT2D eigenvalue weighted by molar-refractivity contribution is 0.568. The molecule has 0 fully saturated rings. The molecule has 12 rings (SSSR count). The fourth-order valence-electron chi connectivity index (χ4n) is 11.6. The fraction of sp³-hybridized carbons (Fsp3) is 0.237. The summed E-state index contributed by atoms with van der Waals surface area (Å²) in [6.45, 7) is 39.5. The SMILES string of the molecule is [C-]#[N+]c1ccc(-c2ccc(-c3cc(-c4nc(-c5cc(C(C)(C)C)cc(C(C)(C)C)c5)nc(-c5cc(C(C)(C)C)cc(C(C)(C)C)c5)n4)ccc3-n3c4ccccc4c4cc(C)ccc43)c(-n3c4ccccc4c4cc(C)ccc43)c2)cc1. The third kappa shape index (κ3) is 9.76. The van der Waals surface area contributed by atoms with Crippen LogP contribution in [0.5, 0.6) is 0 Å². The monoisotopic (exact) mass is 1070 g/mol. The molecule has 0 aliphatic rings. The molecule has 0 N–H and O–H groups in total. The summed E-state index contributed by atoms with van der Waals surface area (Å²) in [6.07, 6.45) is 0. The van der Waals surface area contributed by atoms with Crippen molar-refractivity contribution in [3.05, 3.63) is 227 Å². The van der Waals surface area contributed by atoms with E-state index in [-0.39, 0.29) is 21.7 Å². The van der Waals surface area contributed by atoms with Crippen LogP contribution >= 0.6 is 0 Å². The van der Waals surface area contributed by atoms with Gasteiger partial charge in [-0.3, -0.25) is 0 Å². The van der Waals surface area contributed by atoms with Crippen LogP contribution in [0, 0.1) is 20.4 Å². The molecule has 0 saturated carbocycles. The van der Waals surface area contributed by atoms with E-state index in [1.807, 2.05) is 12.1 Å². The highest BCUT2D eigenvalue weighted by Crippen LogP contribution is 2.45. The molecule has 0 aliphatic carbocycles. The van der Waals surface area contributed by atoms with E-state index in [2.05, 4.69) is 281 Å². The summed E-state index contributed by atoms with van der Waals surface area (Å²) in [4.78, 5) is 20.5. The van der Waals surface area contributed by atoms with Crippen LogP contribution in [0.2, 0.25) is 0 Å². The maximum Gasteiger partial charge on any atom is 0.187 e. The van der Waals surface area contributed by atoms with E-state index >= 15 is 0 Å². The van der Waals surface area contributed by atoms with Gasteiger partial charge in [0.05, 0.1) is 40.0 Å². The van der Waals surface area contributed by atoms with Crippen LogP contribution in [0.15, 0.2) is 182 Å². The first-order valence-corrected chi connectivity index (χ1v) is 28.8. The predicted molar refractivity (Wildman–Crippen MR) is 346 cm³/mol. The van der Waals surface area contributed by atoms with E-state index in [1.165, 1.54) is 54.9 Å². The third-order valence-electron chi connectivity index (χ3n) is 16.5. The summed E-state index contributed by atoms with van der Waals surface area (Å²) in [7, 11) is 0. The van der Waals surface area contributed by atoms with Gasteiger partial charge in [-0.15, -0.1) is 0 Å². The first-order valence-electron chi connectivity index (χ1n) is 28.8. The number of aryl methyl sites for hydroxylation is 2. The number of aromatic nitrogens is 5. The molecule has 0 radical (unpaired) electrons. The van der Waals surface area contributed by atoms with Gasteiger partial charge in [-0.1, -0.05) is 191 Å². The second kappa shape index (κ2) is 19.7. The zero-order valence-electron chi connectivity index (χ0n) is 50.0. The number of fused-ring (bicyclic) bond motifs is 6. The number of para-hydroxylation sites is 2. The summed E-state index contributed by atoms with van der Waals surface area (Å²) in [6, 6.07) is 66.7. The molecular weight excluding hydrogens is 997 g/mol. The van der Waals surface area contributed by atoms with E-state index in [0.717, 1.165) is 72.4 Å². The van der Waals surface area contributed by atoms with Gasteiger partial charge in [0, 0.05) is 49.4 Å². The molecule has 0 unspecified atom stereocenters. The van der Waals surface area contributed by atoms with Crippen LogP contribution < -0.4 is 0 Å². The molecule has 0 bridgehead atoms. The van der Waals surface area contributed by atoms with Crippen LogP contribution in [0.1, 0.15) is 116 Å². The van der Waals surface area contributed by atoms with Crippen molar-refractivity contribution in [3.63, 3.8) is 0 Å². The minimum Gasteiger partial charge on any atom is -0.309 e. The standard InChI is InChI=1S/C76H72N6/c1-46-24-33-66-61(36-46)58-20-16-18-22-64(58)81(66)68-35-29-50(42-63(68)60-32-28-49(48-26-30-57(77-15)31-27-48)43-69(60)82-65-23-19-17-21-59(65)62-37-47(2)25-34-67(62)82)70-78-71(51-38-53(73(3,4)5)44-54(39-51)74(6,7)8)80-72(79-70)52-40-55(75(9,10)11)45-56(41-52)76(12,13)14/h16-45H,1-14H3. The molecule has 0 spiro atoms. The minimum absolute atomic E-state index is 0.128. The van der Waals surface area contributed by atoms with Crippen LogP contribution in [-0.2, 0) is 21.7 Å². The van der Waals surface area contributed by atoms with E-state index in [1.54, 1.807) is 0 Å². The predicted octanol–water partition coefficient (Wildman–Crippen LogP) is 20.8. The van der Waals surface area contributed by atoms with Gasteiger partial charge in [0.2, 0.25) is 0 Å². The summed E-state index contributed by atoms with van der Waals surface area (Å²) >= 11 is 0. The van der Waals surface area contributed by atoms with Gasteiger partial charge in [-0.2, -0.15) is 0 Å². The summed E-state index contributed by atoms with van der Waals surface area (Å²) in [5.74, 6) is 1.86. The zero-order valence-corrected chi connectivity index (χ0v) is 50.0. The van der Waals surface area contributed by atoms with Crippen molar-refractivity contribution in [3.8, 4) is 67.8 Å². The molecular formula is C76H72N6. The van der Waals surface area contributed by atoms with Crippen molar-refractivity contribution >= 4 is 49.3 Å². The normalized spacial score (nSPS) is 12.5. The molecule has 406 valence electrons. The van der Waals surface area contributed by atoms with Crippen molar-refractivity contribution in [1.82, 2.24) is 24.1 Å². The molecule has 0 aliphatic heterocycles. The van der Waals surface area contributed by atoms with Gasteiger partial charge in [-0.05, 0) is 154 Å². The smallest absolute Gasteiger partial charge is 0.187 e. The molecule has 3 heterocycles. The Labute approximate surface area is 484 Å². The zero-order chi connectivity index (χ0) is 57.8. The van der Waals surface area contributed by atoms with Gasteiger partial charge in [0.25, 0.3) is 0 Å². The lowest BCUT2D eigenvalue weighted by atomic mass is 9.79. The Morgan fingerprint density at radius 1 is 0.329 bits per heavy atom. The Bertz CT molecular complexity index is 4410. The molecule has 0 atom stereocenters. The third-order valence-corrected chi connectivity index (χ3v) is 16.5. The van der Waals surface area contributed by atoms with Crippen molar-refractivity contribution in [1.29, 1.82) is 0 Å². The number of nitrogens with zero attached hydrogens (tertiary/aromatic N) is 6. The number of rotatable bonds is 7. The number of hydrogen-bond donors (Lipinski definition) is 0. The first-order chi connectivity index (χ1) is 38.9. The summed E-state index contributed by atoms with van der Waals surface area (Å²) < 4.78 is 4.90. The van der Waals surface area contributed by atoms with Crippen molar-refractivity contribution in [2.24, 2.45) is 0 Å². The van der Waals surface area contributed by atoms with E-state index in [9.17, 15) is 0 Å². The van der Waals surface area contributed by atoms with E-state index in [4.69, 9.17) is 21.5 Å². The Morgan fingerprint density at radius 2 is 0.732 bits per heavy atom. The maximum atomic E-state index is 7.75. The minimum atomic E-state index is -0.128. The second-order valence-electron chi connectivity index (χ2n) is 26.8. The Morgan fingerprint density at radius 3 is 1.18 bits per heavy atom. The number of hydrogen-bond acceptors (Lipinski definition) is 3. The topological polar surface area (TPSA) is 52.9 Å². The molecule has 6 heteroatoms. The molecule has 0 amide bonds. The number of benzene rings is 9. The van der Waals surface area contributed by atoms with Crippen LogP contribution in [0.4, 0.5) is 5.69 Å². The highest BCUT2D eigenvalue weighted by molar-refractivity contribution is 6.12. The van der Waals surface area contributed by atoms with Gasteiger partial charge in [0.15, 0.2) is 23.2 Å². The summed E-state index contributed by atoms with van der Waals surface area (Å²) in [5.41, 5.74) is 20.9. The largest absolute Gasteiger partial charge is 0.309 e. The molecule has 9 aromatic carbocycles. The van der Waals surface area contributed by atoms with Gasteiger partial charge in [-0.25, -0.2) is 19.8 Å². The average Bonchev–Trinajstić information content (AvgIpc) is 3.42. The lowest BCUT2D eigenvalue weighted by Crippen LogP contribution is -2.17. The van der Waals surface area contributed by atoms with E-state index < -0.39 is 0 Å². The van der Waals surface area contributed by atoms with Gasteiger partial charge >= 0.3 is 0 Å². The quantitative estimate of drug-likeness (QED) is 0.149. The second-order valence-corrected chi connectivity index (χ2v) is 26.8. The maximum absolute atomic E-state index is 7.75. The van der Waals surface area contributed by atoms with Crippen molar-refractivity contribution in [2.45, 2.75) is 119 Å². The molecule has 6 nitrogen and oxygen atoms in total. The van der Waals surface area contributed by atoms with E-state index in [0.29, 0.717) is 23.2 Å². The van der Waals surface area contributed by atoms with Gasteiger partial charge in [0.1, 0.15) is 0 Å².